The molecule has 1 atom stereocenters. The van der Waals surface area contributed by atoms with Crippen molar-refractivity contribution in [3.8, 4) is 11.5 Å². The molecule has 0 unspecified atom stereocenters. The van der Waals surface area contributed by atoms with Gasteiger partial charge < -0.3 is 19.1 Å². The van der Waals surface area contributed by atoms with Gasteiger partial charge in [-0.2, -0.15) is 0 Å². The van der Waals surface area contributed by atoms with Crippen molar-refractivity contribution in [3.05, 3.63) is 59.7 Å². The second-order valence-corrected chi connectivity index (χ2v) is 6.31. The van der Waals surface area contributed by atoms with E-state index < -0.39 is 30.0 Å². The van der Waals surface area contributed by atoms with Gasteiger partial charge in [0.2, 0.25) is 0 Å². The summed E-state index contributed by atoms with van der Waals surface area (Å²) in [6.45, 7) is 0.333. The van der Waals surface area contributed by atoms with E-state index in [1.807, 2.05) is 0 Å². The Balaban J connectivity index is 1.81. The van der Waals surface area contributed by atoms with Crippen molar-refractivity contribution in [1.82, 2.24) is 4.90 Å². The number of alkyl halides is 3. The van der Waals surface area contributed by atoms with Gasteiger partial charge in [-0.25, -0.2) is 4.79 Å². The Morgan fingerprint density at radius 1 is 1.10 bits per heavy atom. The van der Waals surface area contributed by atoms with E-state index in [1.165, 1.54) is 24.1 Å². The summed E-state index contributed by atoms with van der Waals surface area (Å²) >= 11 is 0. The highest BCUT2D eigenvalue weighted by Gasteiger charge is 2.39. The number of ether oxygens (including phenoxy) is 3. The maximum absolute atomic E-state index is 12.8. The molecule has 154 valence electrons. The molecule has 3 rings (SSSR count). The molecule has 0 aromatic heterocycles. The third-order valence-electron chi connectivity index (χ3n) is 4.41. The molecule has 2 aromatic carbocycles. The minimum Gasteiger partial charge on any atom is -0.485 e. The Morgan fingerprint density at radius 3 is 2.41 bits per heavy atom. The van der Waals surface area contributed by atoms with Gasteiger partial charge >= 0.3 is 12.3 Å². The molecule has 1 saturated heterocycles. The van der Waals surface area contributed by atoms with Gasteiger partial charge in [0, 0.05) is 12.1 Å². The van der Waals surface area contributed by atoms with E-state index in [9.17, 15) is 22.8 Å². The fourth-order valence-corrected chi connectivity index (χ4v) is 2.88. The van der Waals surface area contributed by atoms with Crippen LogP contribution in [0.1, 0.15) is 22.3 Å². The van der Waals surface area contributed by atoms with Crippen LogP contribution < -0.4 is 9.47 Å². The van der Waals surface area contributed by atoms with Crippen LogP contribution in [0.3, 0.4) is 0 Å². The summed E-state index contributed by atoms with van der Waals surface area (Å²) in [5.41, 5.74) is 0.706. The average molecular weight is 409 g/mol. The Morgan fingerprint density at radius 2 is 1.83 bits per heavy atom. The summed E-state index contributed by atoms with van der Waals surface area (Å²) in [5, 5.41) is 0. The molecule has 0 bridgehead atoms. The molecule has 0 radical (unpaired) electrons. The van der Waals surface area contributed by atoms with E-state index >= 15 is 0 Å². The highest BCUT2D eigenvalue weighted by molar-refractivity contribution is 5.98. The molecule has 1 aliphatic rings. The number of benzene rings is 2. The molecule has 0 N–H and O–H groups in total. The first kappa shape index (κ1) is 20.5. The number of amides is 1. The molecule has 9 heteroatoms. The third kappa shape index (κ3) is 4.98. The summed E-state index contributed by atoms with van der Waals surface area (Å²) in [4.78, 5) is 25.5. The van der Waals surface area contributed by atoms with Crippen molar-refractivity contribution in [2.45, 2.75) is 25.4 Å². The molecule has 29 heavy (non-hydrogen) atoms. The lowest BCUT2D eigenvalue weighted by atomic mass is 10.0. The molecular weight excluding hydrogens is 391 g/mol. The Hall–Kier alpha value is -3.23. The Labute approximate surface area is 164 Å². The van der Waals surface area contributed by atoms with Crippen molar-refractivity contribution in [2.24, 2.45) is 0 Å². The van der Waals surface area contributed by atoms with Gasteiger partial charge in [0.15, 0.2) is 11.5 Å². The Kier molecular flexibility index (Phi) is 5.95. The lowest BCUT2D eigenvalue weighted by Crippen LogP contribution is -2.55. The predicted octanol–water partition coefficient (Wildman–Crippen LogP) is 3.55. The van der Waals surface area contributed by atoms with Crippen LogP contribution >= 0.6 is 0 Å². The van der Waals surface area contributed by atoms with Crippen molar-refractivity contribution in [3.63, 3.8) is 0 Å². The molecule has 2 aromatic rings. The smallest absolute Gasteiger partial charge is 0.485 e. The summed E-state index contributed by atoms with van der Waals surface area (Å²) in [6, 6.07) is 11.7. The number of esters is 1. The summed E-state index contributed by atoms with van der Waals surface area (Å²) in [6.07, 6.45) is -4.53. The maximum Gasteiger partial charge on any atom is 0.573 e. The minimum atomic E-state index is -4.96. The van der Waals surface area contributed by atoms with Gasteiger partial charge in [-0.1, -0.05) is 30.3 Å². The second-order valence-electron chi connectivity index (χ2n) is 6.31. The fourth-order valence-electron chi connectivity index (χ4n) is 2.88. The van der Waals surface area contributed by atoms with Gasteiger partial charge in [0.25, 0.3) is 5.91 Å². The van der Waals surface area contributed by atoms with Gasteiger partial charge in [-0.15, -0.1) is 13.2 Å². The normalized spacial score (nSPS) is 16.0. The van der Waals surface area contributed by atoms with Crippen LogP contribution in [0.25, 0.3) is 0 Å². The van der Waals surface area contributed by atoms with Crippen molar-refractivity contribution in [1.29, 1.82) is 0 Å². The van der Waals surface area contributed by atoms with Gasteiger partial charge in [0.05, 0.1) is 7.11 Å². The molecule has 1 amide bonds. The number of halogens is 3. The number of rotatable bonds is 6. The van der Waals surface area contributed by atoms with Crippen molar-refractivity contribution >= 4 is 11.9 Å². The number of nitrogens with zero attached hydrogens (tertiary/aromatic N) is 1. The number of carbonyl (C=O) groups excluding carboxylic acids is 2. The quantitative estimate of drug-likeness (QED) is 0.683. The molecular formula is C20H18F3NO5. The first-order chi connectivity index (χ1) is 13.8. The summed E-state index contributed by atoms with van der Waals surface area (Å²) in [5.74, 6) is -1.95. The third-order valence-corrected chi connectivity index (χ3v) is 4.41. The van der Waals surface area contributed by atoms with Gasteiger partial charge in [-0.3, -0.25) is 4.79 Å². The van der Waals surface area contributed by atoms with Gasteiger partial charge in [0.1, 0.15) is 12.6 Å². The van der Waals surface area contributed by atoms with Crippen molar-refractivity contribution in [2.75, 3.05) is 13.7 Å². The topological polar surface area (TPSA) is 65.1 Å². The van der Waals surface area contributed by atoms with Crippen LogP contribution in [0.15, 0.2) is 48.5 Å². The van der Waals surface area contributed by atoms with Crippen LogP contribution in [-0.2, 0) is 16.1 Å². The maximum atomic E-state index is 12.8. The number of carbonyl (C=O) groups is 2. The molecule has 0 spiro atoms. The molecule has 1 heterocycles. The average Bonchev–Trinajstić information content (AvgIpc) is 2.65. The van der Waals surface area contributed by atoms with Crippen LogP contribution in [0.4, 0.5) is 13.2 Å². The monoisotopic (exact) mass is 409 g/mol. The van der Waals surface area contributed by atoms with Gasteiger partial charge in [-0.05, 0) is 30.2 Å². The highest BCUT2D eigenvalue weighted by atomic mass is 19.4. The van der Waals surface area contributed by atoms with Crippen LogP contribution in [0.2, 0.25) is 0 Å². The molecule has 0 aliphatic carbocycles. The van der Waals surface area contributed by atoms with E-state index in [-0.39, 0.29) is 17.9 Å². The minimum absolute atomic E-state index is 0.0267. The zero-order valence-electron chi connectivity index (χ0n) is 15.4. The highest BCUT2D eigenvalue weighted by Crippen LogP contribution is 2.35. The largest absolute Gasteiger partial charge is 0.573 e. The number of methoxy groups -OCH3 is 1. The van der Waals surface area contributed by atoms with E-state index in [4.69, 9.17) is 4.74 Å². The number of likely N-dealkylation sites (tertiary alicyclic amines) is 1. The van der Waals surface area contributed by atoms with E-state index in [2.05, 4.69) is 9.47 Å². The lowest BCUT2D eigenvalue weighted by Gasteiger charge is -2.38. The molecule has 0 saturated carbocycles. The van der Waals surface area contributed by atoms with Crippen LogP contribution in [-0.4, -0.2) is 42.8 Å². The number of hydrogen-bond acceptors (Lipinski definition) is 5. The zero-order chi connectivity index (χ0) is 21.0. The van der Waals surface area contributed by atoms with E-state index in [0.29, 0.717) is 13.0 Å². The SMILES string of the molecule is COC(=O)[C@H]1CCN1C(=O)c1ccc(OCc2ccccc2)c(OC(F)(F)F)c1. The fraction of sp³-hybridized carbons (Fsp3) is 0.300. The van der Waals surface area contributed by atoms with E-state index in [1.54, 1.807) is 30.3 Å². The standard InChI is InChI=1S/C20H18F3NO5/c1-27-19(26)15-9-10-24(15)18(25)14-7-8-16(17(11-14)29-20(21,22)23)28-12-13-5-3-2-4-6-13/h2-8,11,15H,9-10,12H2,1H3/t15-/m1/s1. The van der Waals surface area contributed by atoms with Crippen LogP contribution in [0, 0.1) is 0 Å². The van der Waals surface area contributed by atoms with Crippen molar-refractivity contribution < 1.29 is 37.0 Å². The van der Waals surface area contributed by atoms with Crippen LogP contribution in [0.5, 0.6) is 11.5 Å². The first-order valence-corrected chi connectivity index (χ1v) is 8.74. The lowest BCUT2D eigenvalue weighted by molar-refractivity contribution is -0.275. The predicted molar refractivity (Wildman–Crippen MR) is 95.4 cm³/mol. The summed E-state index contributed by atoms with van der Waals surface area (Å²) < 4.78 is 52.6. The molecule has 6 nitrogen and oxygen atoms in total. The number of hydrogen-bond donors (Lipinski definition) is 0. The second kappa shape index (κ2) is 8.42. The molecule has 1 fully saturated rings. The Bertz CT molecular complexity index is 885. The zero-order valence-corrected chi connectivity index (χ0v) is 15.4. The molecule has 1 aliphatic heterocycles. The first-order valence-electron chi connectivity index (χ1n) is 8.74. The summed E-state index contributed by atoms with van der Waals surface area (Å²) in [7, 11) is 1.21. The van der Waals surface area contributed by atoms with E-state index in [0.717, 1.165) is 11.6 Å².